The highest BCUT2D eigenvalue weighted by atomic mass is 32.2. The van der Waals surface area contributed by atoms with Gasteiger partial charge >= 0.3 is 0 Å². The molecule has 0 unspecified atom stereocenters. The summed E-state index contributed by atoms with van der Waals surface area (Å²) in [7, 11) is 1.63. The van der Waals surface area contributed by atoms with Crippen molar-refractivity contribution in [2.75, 3.05) is 20.0 Å². The van der Waals surface area contributed by atoms with E-state index >= 15 is 0 Å². The SMILES string of the molecule is CCOc1cccc(/C=N\n2c(Cc3ccccc3)nnc2SC)c1OC. The van der Waals surface area contributed by atoms with Crippen LogP contribution in [0.15, 0.2) is 58.8 Å². The standard InChI is InChI=1S/C20H22N4O2S/c1-4-26-17-12-8-11-16(19(17)25-2)14-21-24-18(22-23-20(24)27-3)13-15-9-6-5-7-10-15/h5-12,14H,4,13H2,1-3H3/b21-14-. The Bertz CT molecular complexity index is 910. The van der Waals surface area contributed by atoms with Crippen LogP contribution in [-0.2, 0) is 6.42 Å². The van der Waals surface area contributed by atoms with Crippen molar-refractivity contribution in [3.8, 4) is 11.5 Å². The molecule has 0 aliphatic heterocycles. The van der Waals surface area contributed by atoms with E-state index in [1.165, 1.54) is 11.8 Å². The number of thioether (sulfide) groups is 1. The van der Waals surface area contributed by atoms with Crippen molar-refractivity contribution in [3.63, 3.8) is 0 Å². The first kappa shape index (κ1) is 19.0. The zero-order valence-electron chi connectivity index (χ0n) is 15.6. The van der Waals surface area contributed by atoms with Crippen LogP contribution in [-0.4, -0.2) is 41.1 Å². The molecule has 0 spiro atoms. The number of hydrogen-bond acceptors (Lipinski definition) is 6. The maximum Gasteiger partial charge on any atom is 0.211 e. The number of ether oxygens (including phenoxy) is 2. The summed E-state index contributed by atoms with van der Waals surface area (Å²) in [5.74, 6) is 2.13. The van der Waals surface area contributed by atoms with Gasteiger partial charge in [-0.05, 0) is 30.9 Å². The molecular formula is C20H22N4O2S. The average Bonchev–Trinajstić information content (AvgIpc) is 3.09. The fraction of sp³-hybridized carbons (Fsp3) is 0.250. The van der Waals surface area contributed by atoms with Crippen molar-refractivity contribution in [3.05, 3.63) is 65.5 Å². The topological polar surface area (TPSA) is 61.5 Å². The highest BCUT2D eigenvalue weighted by Crippen LogP contribution is 2.30. The van der Waals surface area contributed by atoms with Gasteiger partial charge in [-0.3, -0.25) is 0 Å². The van der Waals surface area contributed by atoms with E-state index in [0.717, 1.165) is 22.1 Å². The Morgan fingerprint density at radius 2 is 1.93 bits per heavy atom. The Labute approximate surface area is 163 Å². The van der Waals surface area contributed by atoms with E-state index in [9.17, 15) is 0 Å². The van der Waals surface area contributed by atoms with Crippen LogP contribution in [0.2, 0.25) is 0 Å². The van der Waals surface area contributed by atoms with Gasteiger partial charge in [0.2, 0.25) is 5.16 Å². The fourth-order valence-corrected chi connectivity index (χ4v) is 3.12. The summed E-state index contributed by atoms with van der Waals surface area (Å²) in [6, 6.07) is 15.9. The number of aromatic nitrogens is 3. The summed E-state index contributed by atoms with van der Waals surface area (Å²) in [6.07, 6.45) is 4.36. The monoisotopic (exact) mass is 382 g/mol. The van der Waals surface area contributed by atoms with Gasteiger partial charge in [-0.2, -0.15) is 9.78 Å². The van der Waals surface area contributed by atoms with Crippen molar-refractivity contribution >= 4 is 18.0 Å². The molecule has 0 N–H and O–H groups in total. The normalized spacial score (nSPS) is 11.1. The van der Waals surface area contributed by atoms with E-state index in [1.54, 1.807) is 18.0 Å². The Morgan fingerprint density at radius 1 is 1.11 bits per heavy atom. The molecule has 0 bridgehead atoms. The summed E-state index contributed by atoms with van der Waals surface area (Å²) in [5, 5.41) is 13.9. The molecule has 0 fully saturated rings. The Hall–Kier alpha value is -2.80. The number of para-hydroxylation sites is 1. The number of benzene rings is 2. The molecule has 0 saturated carbocycles. The van der Waals surface area contributed by atoms with Crippen LogP contribution >= 0.6 is 11.8 Å². The maximum absolute atomic E-state index is 5.63. The molecule has 3 aromatic rings. The molecule has 2 aromatic carbocycles. The molecule has 6 nitrogen and oxygen atoms in total. The highest BCUT2D eigenvalue weighted by molar-refractivity contribution is 7.98. The second-order valence-electron chi connectivity index (χ2n) is 5.63. The number of methoxy groups -OCH3 is 1. The highest BCUT2D eigenvalue weighted by Gasteiger charge is 2.12. The first-order chi connectivity index (χ1) is 13.3. The van der Waals surface area contributed by atoms with Crippen LogP contribution < -0.4 is 9.47 Å². The molecule has 0 aliphatic carbocycles. The molecule has 7 heteroatoms. The molecule has 3 rings (SSSR count). The second-order valence-corrected chi connectivity index (χ2v) is 6.41. The van der Waals surface area contributed by atoms with Crippen LogP contribution in [0, 0.1) is 0 Å². The average molecular weight is 382 g/mol. The third kappa shape index (κ3) is 4.49. The van der Waals surface area contributed by atoms with Gasteiger partial charge < -0.3 is 9.47 Å². The van der Waals surface area contributed by atoms with E-state index in [0.29, 0.717) is 24.5 Å². The Morgan fingerprint density at radius 3 is 2.63 bits per heavy atom. The zero-order chi connectivity index (χ0) is 19.1. The maximum atomic E-state index is 5.63. The smallest absolute Gasteiger partial charge is 0.211 e. The zero-order valence-corrected chi connectivity index (χ0v) is 16.4. The van der Waals surface area contributed by atoms with Crippen molar-refractivity contribution in [2.45, 2.75) is 18.5 Å². The molecule has 1 heterocycles. The first-order valence-electron chi connectivity index (χ1n) is 8.63. The van der Waals surface area contributed by atoms with E-state index in [4.69, 9.17) is 9.47 Å². The van der Waals surface area contributed by atoms with Crippen LogP contribution in [0.25, 0.3) is 0 Å². The van der Waals surface area contributed by atoms with E-state index in [1.807, 2.05) is 49.6 Å². The van der Waals surface area contributed by atoms with Crippen molar-refractivity contribution in [2.24, 2.45) is 5.10 Å². The first-order valence-corrected chi connectivity index (χ1v) is 9.85. The largest absolute Gasteiger partial charge is 0.492 e. The Kier molecular flexibility index (Phi) is 6.49. The van der Waals surface area contributed by atoms with Crippen molar-refractivity contribution in [1.29, 1.82) is 0 Å². The minimum atomic E-state index is 0.570. The fourth-order valence-electron chi connectivity index (χ4n) is 2.67. The van der Waals surface area contributed by atoms with Crippen LogP contribution in [0.3, 0.4) is 0 Å². The minimum absolute atomic E-state index is 0.570. The molecule has 0 atom stereocenters. The molecule has 0 amide bonds. The van der Waals surface area contributed by atoms with E-state index in [-0.39, 0.29) is 0 Å². The third-order valence-corrected chi connectivity index (χ3v) is 4.51. The number of nitrogens with zero attached hydrogens (tertiary/aromatic N) is 4. The van der Waals surface area contributed by atoms with Gasteiger partial charge in [0.15, 0.2) is 17.3 Å². The van der Waals surface area contributed by atoms with Crippen LogP contribution in [0.1, 0.15) is 23.9 Å². The van der Waals surface area contributed by atoms with Gasteiger partial charge in [0.05, 0.1) is 19.9 Å². The quantitative estimate of drug-likeness (QED) is 0.437. The van der Waals surface area contributed by atoms with Gasteiger partial charge in [-0.25, -0.2) is 0 Å². The summed E-state index contributed by atoms with van der Waals surface area (Å²) in [5.41, 5.74) is 1.99. The lowest BCUT2D eigenvalue weighted by Gasteiger charge is -2.11. The summed E-state index contributed by atoms with van der Waals surface area (Å²) >= 11 is 1.50. The molecule has 0 saturated heterocycles. The summed E-state index contributed by atoms with van der Waals surface area (Å²) in [6.45, 7) is 2.51. The van der Waals surface area contributed by atoms with Crippen LogP contribution in [0.4, 0.5) is 0 Å². The van der Waals surface area contributed by atoms with Crippen molar-refractivity contribution in [1.82, 2.24) is 14.9 Å². The summed E-state index contributed by atoms with van der Waals surface area (Å²) < 4.78 is 12.9. The lowest BCUT2D eigenvalue weighted by Crippen LogP contribution is -2.02. The predicted octanol–water partition coefficient (Wildman–Crippen LogP) is 3.88. The van der Waals surface area contributed by atoms with E-state index in [2.05, 4.69) is 27.4 Å². The third-order valence-electron chi connectivity index (χ3n) is 3.89. The second kappa shape index (κ2) is 9.23. The minimum Gasteiger partial charge on any atom is -0.492 e. The lowest BCUT2D eigenvalue weighted by molar-refractivity contribution is 0.310. The van der Waals surface area contributed by atoms with E-state index < -0.39 is 0 Å². The Balaban J connectivity index is 1.93. The molecule has 0 radical (unpaired) electrons. The van der Waals surface area contributed by atoms with Gasteiger partial charge in [-0.1, -0.05) is 48.2 Å². The van der Waals surface area contributed by atoms with Crippen LogP contribution in [0.5, 0.6) is 11.5 Å². The molecule has 0 aliphatic rings. The number of hydrogen-bond donors (Lipinski definition) is 0. The van der Waals surface area contributed by atoms with Gasteiger partial charge in [0.25, 0.3) is 0 Å². The van der Waals surface area contributed by atoms with Gasteiger partial charge in [-0.15, -0.1) is 10.2 Å². The molecule has 140 valence electrons. The van der Waals surface area contributed by atoms with Crippen molar-refractivity contribution < 1.29 is 9.47 Å². The molecule has 27 heavy (non-hydrogen) atoms. The lowest BCUT2D eigenvalue weighted by atomic mass is 10.1. The van der Waals surface area contributed by atoms with Gasteiger partial charge in [0.1, 0.15) is 0 Å². The molecule has 1 aromatic heterocycles. The predicted molar refractivity (Wildman–Crippen MR) is 108 cm³/mol. The number of rotatable bonds is 8. The summed E-state index contributed by atoms with van der Waals surface area (Å²) in [4.78, 5) is 0. The molecular weight excluding hydrogens is 360 g/mol. The van der Waals surface area contributed by atoms with Gasteiger partial charge in [0, 0.05) is 12.0 Å².